The molecule has 0 aromatic heterocycles. The van der Waals surface area contributed by atoms with Gasteiger partial charge in [0.1, 0.15) is 0 Å². The highest BCUT2D eigenvalue weighted by molar-refractivity contribution is 5.83. The fraction of sp³-hybridized carbons (Fsp3) is 0.778. The van der Waals surface area contributed by atoms with Gasteiger partial charge in [0.2, 0.25) is 0 Å². The van der Waals surface area contributed by atoms with Crippen LogP contribution in [0.15, 0.2) is 10.1 Å². The van der Waals surface area contributed by atoms with Crippen LogP contribution in [-0.2, 0) is 4.74 Å². The van der Waals surface area contributed by atoms with Gasteiger partial charge < -0.3 is 4.74 Å². The highest BCUT2D eigenvalue weighted by Gasteiger charge is 2.63. The normalized spacial score (nSPS) is 24.4. The van der Waals surface area contributed by atoms with Crippen LogP contribution < -0.4 is 0 Å². The quantitative estimate of drug-likeness (QED) is 0.709. The number of amides is 1. The van der Waals surface area contributed by atoms with E-state index in [0.29, 0.717) is 4.70 Å². The van der Waals surface area contributed by atoms with E-state index in [1.54, 1.807) is 13.8 Å². The minimum Gasteiger partial charge on any atom is -0.430 e. The van der Waals surface area contributed by atoms with Crippen LogP contribution in [0.25, 0.3) is 0 Å². The molecule has 0 aliphatic carbocycles. The number of amidine groups is 1. The van der Waals surface area contributed by atoms with Crippen LogP contribution in [-0.4, -0.2) is 35.1 Å². The SMILES string of the molecule is CCOC(=O)[N+]1=NC(C)(C(F)(F)F)N=C1CC. The van der Waals surface area contributed by atoms with E-state index in [1.807, 2.05) is 0 Å². The minimum absolute atomic E-state index is 0.0525. The second kappa shape index (κ2) is 4.42. The van der Waals surface area contributed by atoms with Gasteiger partial charge >= 0.3 is 23.8 Å². The Balaban J connectivity index is 3.12. The van der Waals surface area contributed by atoms with Crippen molar-refractivity contribution >= 4 is 11.9 Å². The van der Waals surface area contributed by atoms with Gasteiger partial charge in [-0.25, -0.2) is 0 Å². The van der Waals surface area contributed by atoms with Crippen LogP contribution in [0.2, 0.25) is 0 Å². The Morgan fingerprint density at radius 3 is 2.47 bits per heavy atom. The van der Waals surface area contributed by atoms with Crippen LogP contribution >= 0.6 is 0 Å². The maximum absolute atomic E-state index is 12.7. The van der Waals surface area contributed by atoms with Crippen molar-refractivity contribution in [3.8, 4) is 0 Å². The molecule has 0 bridgehead atoms. The van der Waals surface area contributed by atoms with Crippen LogP contribution in [0.3, 0.4) is 0 Å². The number of aliphatic imine (C=N–C) groups is 1. The van der Waals surface area contributed by atoms with Gasteiger partial charge in [0, 0.05) is 6.92 Å². The largest absolute Gasteiger partial charge is 0.533 e. The van der Waals surface area contributed by atoms with Gasteiger partial charge in [-0.05, 0) is 21.7 Å². The molecule has 96 valence electrons. The van der Waals surface area contributed by atoms with Crippen LogP contribution in [0.5, 0.6) is 0 Å². The number of halogens is 3. The number of hydrogen-bond acceptors (Lipinski definition) is 4. The lowest BCUT2D eigenvalue weighted by Crippen LogP contribution is -2.37. The third-order valence-electron chi connectivity index (χ3n) is 2.18. The highest BCUT2D eigenvalue weighted by atomic mass is 19.4. The van der Waals surface area contributed by atoms with Gasteiger partial charge in [-0.3, -0.25) is 0 Å². The van der Waals surface area contributed by atoms with E-state index in [2.05, 4.69) is 14.8 Å². The molecule has 1 heterocycles. The average Bonchev–Trinajstić information content (AvgIpc) is 2.57. The topological polar surface area (TPSA) is 54.0 Å². The third-order valence-corrected chi connectivity index (χ3v) is 2.18. The van der Waals surface area contributed by atoms with Crippen LogP contribution in [0.4, 0.5) is 18.0 Å². The molecule has 1 rings (SSSR count). The van der Waals surface area contributed by atoms with E-state index in [9.17, 15) is 18.0 Å². The van der Waals surface area contributed by atoms with Gasteiger partial charge in [-0.15, -0.1) is 0 Å². The zero-order chi connectivity index (χ0) is 13.3. The number of nitrogens with zero attached hydrogens (tertiary/aromatic N) is 3. The predicted molar refractivity (Wildman–Crippen MR) is 51.9 cm³/mol. The monoisotopic (exact) mass is 252 g/mol. The lowest BCUT2D eigenvalue weighted by Gasteiger charge is -2.12. The smallest absolute Gasteiger partial charge is 0.430 e. The maximum Gasteiger partial charge on any atom is 0.533 e. The number of carbonyl (C=O) groups is 1. The zero-order valence-corrected chi connectivity index (χ0v) is 9.71. The van der Waals surface area contributed by atoms with Gasteiger partial charge in [-0.2, -0.15) is 18.0 Å². The van der Waals surface area contributed by atoms with Crippen molar-refractivity contribution in [2.24, 2.45) is 10.1 Å². The van der Waals surface area contributed by atoms with Crippen molar-refractivity contribution in [1.29, 1.82) is 0 Å². The summed E-state index contributed by atoms with van der Waals surface area (Å²) in [6, 6.07) is 0. The Labute approximate surface area is 96.0 Å². The number of azo groups is 2. The van der Waals surface area contributed by atoms with Gasteiger partial charge in [0.25, 0.3) is 0 Å². The molecule has 0 spiro atoms. The van der Waals surface area contributed by atoms with E-state index in [-0.39, 0.29) is 18.9 Å². The molecular weight excluding hydrogens is 239 g/mol. The summed E-state index contributed by atoms with van der Waals surface area (Å²) in [5.41, 5.74) is -2.61. The van der Waals surface area contributed by atoms with Crippen molar-refractivity contribution < 1.29 is 27.4 Å². The summed E-state index contributed by atoms with van der Waals surface area (Å²) >= 11 is 0. The van der Waals surface area contributed by atoms with E-state index in [0.717, 1.165) is 6.92 Å². The molecule has 0 radical (unpaired) electrons. The summed E-state index contributed by atoms with van der Waals surface area (Å²) in [5, 5.41) is 3.29. The number of ether oxygens (including phenoxy) is 1. The minimum atomic E-state index is -4.64. The lowest BCUT2D eigenvalue weighted by molar-refractivity contribution is -0.408. The first-order valence-corrected chi connectivity index (χ1v) is 5.10. The first kappa shape index (κ1) is 13.6. The fourth-order valence-electron chi connectivity index (χ4n) is 1.25. The molecule has 0 aromatic rings. The Bertz CT molecular complexity index is 389. The molecular formula is C9H13F3N3O2+. The molecule has 1 aliphatic heterocycles. The summed E-state index contributed by atoms with van der Waals surface area (Å²) < 4.78 is 43.3. The molecule has 5 nitrogen and oxygen atoms in total. The second-order valence-corrected chi connectivity index (χ2v) is 3.51. The summed E-state index contributed by atoms with van der Waals surface area (Å²) in [4.78, 5) is 14.8. The Hall–Kier alpha value is -1.47. The average molecular weight is 252 g/mol. The molecule has 1 aliphatic rings. The summed E-state index contributed by atoms with van der Waals surface area (Å²) in [5.74, 6) is -0.0525. The number of alkyl halides is 3. The number of rotatable bonds is 2. The maximum atomic E-state index is 12.7. The van der Waals surface area contributed by atoms with Gasteiger partial charge in [0.15, 0.2) is 0 Å². The molecule has 0 aromatic carbocycles. The van der Waals surface area contributed by atoms with Crippen LogP contribution in [0.1, 0.15) is 27.2 Å². The molecule has 0 fully saturated rings. The predicted octanol–water partition coefficient (Wildman–Crippen LogP) is 2.71. The Morgan fingerprint density at radius 1 is 1.47 bits per heavy atom. The van der Waals surface area contributed by atoms with E-state index in [4.69, 9.17) is 0 Å². The van der Waals surface area contributed by atoms with E-state index >= 15 is 0 Å². The van der Waals surface area contributed by atoms with Gasteiger partial charge in [0.05, 0.1) is 13.0 Å². The molecule has 0 saturated carbocycles. The number of carbonyl (C=O) groups excluding carboxylic acids is 1. The number of hydrogen-bond donors (Lipinski definition) is 0. The van der Waals surface area contributed by atoms with Crippen molar-refractivity contribution in [2.75, 3.05) is 6.61 Å². The lowest BCUT2D eigenvalue weighted by atomic mass is 10.2. The highest BCUT2D eigenvalue weighted by Crippen LogP contribution is 2.37. The zero-order valence-electron chi connectivity index (χ0n) is 9.71. The van der Waals surface area contributed by atoms with E-state index in [1.165, 1.54) is 0 Å². The Morgan fingerprint density at radius 2 is 2.06 bits per heavy atom. The van der Waals surface area contributed by atoms with Crippen molar-refractivity contribution in [3.05, 3.63) is 0 Å². The molecule has 1 atom stereocenters. The first-order chi connectivity index (χ1) is 7.75. The molecule has 1 unspecified atom stereocenters. The first-order valence-electron chi connectivity index (χ1n) is 5.10. The van der Waals surface area contributed by atoms with Crippen molar-refractivity contribution in [2.45, 2.75) is 39.0 Å². The molecule has 0 saturated heterocycles. The summed E-state index contributed by atoms with van der Waals surface area (Å²) in [6.07, 6.45) is -5.43. The van der Waals surface area contributed by atoms with E-state index < -0.39 is 17.9 Å². The van der Waals surface area contributed by atoms with Crippen molar-refractivity contribution in [1.82, 2.24) is 0 Å². The Kier molecular flexibility index (Phi) is 3.53. The summed E-state index contributed by atoms with van der Waals surface area (Å²) in [6.45, 7) is 4.01. The fourth-order valence-corrected chi connectivity index (χ4v) is 1.25. The molecule has 1 amide bonds. The third kappa shape index (κ3) is 2.45. The van der Waals surface area contributed by atoms with Crippen molar-refractivity contribution in [3.63, 3.8) is 0 Å². The molecule has 0 N–H and O–H groups in total. The standard InChI is InChI=1S/C9H13F3N3O2/c1-4-6-13-8(3,9(10,11)12)14-15(6)7(16)17-5-2/h4-5H2,1-3H3/q+1. The summed E-state index contributed by atoms with van der Waals surface area (Å²) in [7, 11) is 0. The molecule has 17 heavy (non-hydrogen) atoms. The second-order valence-electron chi connectivity index (χ2n) is 3.51. The van der Waals surface area contributed by atoms with Gasteiger partial charge in [-0.1, -0.05) is 6.92 Å². The molecule has 8 heteroatoms. The van der Waals surface area contributed by atoms with Crippen LogP contribution in [0, 0.1) is 0 Å².